The molecule has 68 heavy (non-hydrogen) atoms. The molecule has 11 rings (SSSR count). The maximum atomic E-state index is 14.4. The first-order valence-corrected chi connectivity index (χ1v) is 23.7. The van der Waals surface area contributed by atoms with Gasteiger partial charge in [0.1, 0.15) is 23.7 Å². The number of hydrogen-bond donors (Lipinski definition) is 4. The van der Waals surface area contributed by atoms with Crippen LogP contribution in [0.5, 0.6) is 0 Å². The summed E-state index contributed by atoms with van der Waals surface area (Å²) in [7, 11) is 2.62. The second kappa shape index (κ2) is 18.1. The van der Waals surface area contributed by atoms with Crippen LogP contribution in [0.15, 0.2) is 103 Å². The molecule has 0 radical (unpaired) electrons. The maximum absolute atomic E-state index is 14.4. The van der Waals surface area contributed by atoms with Crippen molar-refractivity contribution in [1.82, 2.24) is 40.4 Å². The lowest BCUT2D eigenvalue weighted by Gasteiger charge is -2.36. The van der Waals surface area contributed by atoms with Crippen LogP contribution in [0.1, 0.15) is 80.3 Å². The minimum absolute atomic E-state index is 0.0358. The molecular formula is C53H54N8O7. The smallest absolute Gasteiger partial charge is 0.407 e. The van der Waals surface area contributed by atoms with Crippen LogP contribution < -0.4 is 10.6 Å². The predicted molar refractivity (Wildman–Crippen MR) is 256 cm³/mol. The number of likely N-dealkylation sites (tertiary alicyclic amines) is 2. The minimum Gasteiger partial charge on any atom is -0.453 e. The molecule has 1 unspecified atom stereocenters. The summed E-state index contributed by atoms with van der Waals surface area (Å²) < 4.78 is 15.4. The van der Waals surface area contributed by atoms with Crippen molar-refractivity contribution in [2.24, 2.45) is 11.8 Å². The fraction of sp³-hybridized carbons (Fsp3) is 0.358. The van der Waals surface area contributed by atoms with Crippen molar-refractivity contribution in [3.05, 3.63) is 120 Å². The number of nitrogens with one attached hydrogen (secondary N) is 4. The molecule has 4 aliphatic rings. The molecule has 1 aliphatic carbocycles. The number of piperidine rings is 1. The molecule has 4 amide bonds. The second-order valence-electron chi connectivity index (χ2n) is 18.6. The number of alkyl carbamates (subject to hydrolysis) is 2. The number of benzene rings is 5. The molecule has 7 aromatic rings. The number of fused-ring (bicyclic) bond motifs is 6. The first-order chi connectivity index (χ1) is 33.2. The summed E-state index contributed by atoms with van der Waals surface area (Å²) in [6.45, 7) is 1.70. The van der Waals surface area contributed by atoms with Gasteiger partial charge in [-0.1, -0.05) is 72.8 Å². The Morgan fingerprint density at radius 3 is 2.22 bits per heavy atom. The van der Waals surface area contributed by atoms with E-state index in [4.69, 9.17) is 24.2 Å². The van der Waals surface area contributed by atoms with Crippen molar-refractivity contribution >= 4 is 56.6 Å². The fourth-order valence-electron chi connectivity index (χ4n) is 11.4. The molecule has 4 N–H and O–H groups in total. The van der Waals surface area contributed by atoms with Crippen LogP contribution in [0, 0.1) is 11.8 Å². The topological polar surface area (TPSA) is 184 Å². The van der Waals surface area contributed by atoms with Crippen LogP contribution >= 0.6 is 0 Å². The highest BCUT2D eigenvalue weighted by Gasteiger charge is 2.51. The zero-order chi connectivity index (χ0) is 46.5. The lowest BCUT2D eigenvalue weighted by Crippen LogP contribution is -2.53. The van der Waals surface area contributed by atoms with Crippen molar-refractivity contribution < 1.29 is 33.4 Å². The van der Waals surface area contributed by atoms with Gasteiger partial charge in [0.25, 0.3) is 5.91 Å². The molecule has 0 spiro atoms. The number of methoxy groups -OCH3 is 2. The lowest BCUT2D eigenvalue weighted by atomic mass is 9.90. The van der Waals surface area contributed by atoms with Crippen LogP contribution in [0.25, 0.3) is 55.0 Å². The van der Waals surface area contributed by atoms with Gasteiger partial charge < -0.3 is 44.6 Å². The van der Waals surface area contributed by atoms with Crippen molar-refractivity contribution in [2.75, 3.05) is 34.0 Å². The number of carbonyl (C=O) groups excluding carboxylic acids is 4. The van der Waals surface area contributed by atoms with E-state index in [1.807, 2.05) is 52.4 Å². The highest BCUT2D eigenvalue weighted by molar-refractivity contribution is 6.06. The largest absolute Gasteiger partial charge is 0.453 e. The maximum Gasteiger partial charge on any atom is 0.407 e. The molecule has 15 heteroatoms. The summed E-state index contributed by atoms with van der Waals surface area (Å²) in [6.07, 6.45) is 6.42. The third-order valence-corrected chi connectivity index (χ3v) is 14.8. The van der Waals surface area contributed by atoms with E-state index in [2.05, 4.69) is 81.3 Å². The minimum atomic E-state index is -0.879. The Morgan fingerprint density at radius 2 is 1.44 bits per heavy atom. The Hall–Kier alpha value is -7.26. The fourth-order valence-corrected chi connectivity index (χ4v) is 11.4. The summed E-state index contributed by atoms with van der Waals surface area (Å²) >= 11 is 0. The number of hydrogen-bond acceptors (Lipinski definition) is 9. The molecule has 5 heterocycles. The van der Waals surface area contributed by atoms with Gasteiger partial charge in [0.05, 0.1) is 49.2 Å². The van der Waals surface area contributed by atoms with Gasteiger partial charge in [-0.05, 0) is 114 Å². The molecule has 348 valence electrons. The van der Waals surface area contributed by atoms with E-state index in [0.29, 0.717) is 38.2 Å². The van der Waals surface area contributed by atoms with Crippen LogP contribution in [0.3, 0.4) is 0 Å². The Kier molecular flexibility index (Phi) is 11.5. The predicted octanol–water partition coefficient (Wildman–Crippen LogP) is 8.89. The summed E-state index contributed by atoms with van der Waals surface area (Å²) in [5.74, 6) is 1.45. The monoisotopic (exact) mass is 914 g/mol. The standard InChI is InChI=1S/C53H54N8O7/c1-66-52(64)58-44(31-20-23-68-24-21-31)50(62)60-22-6-9-43(60)48-55-41-19-16-36-26-35(15-18-40(36)46(41)57-48)32-10-11-34-27-37(13-12-33(34)25-32)42-29-54-49(56-42)47-38-14-17-39(28-38)61(47)51(63)45(59-53(65)67-2)30-7-4-3-5-8-30/h3-5,7-8,10-13,15-16,18-19,25-27,29,31,38-39,43-45,47H,6,9,14,17,20-24,28H2,1-2H3,(H,54,56)(H,55,57)(H,58,64)(H,59,65)/t38-,39+,43-,44?,45+,47-/m0/s1. The molecule has 15 nitrogen and oxygen atoms in total. The summed E-state index contributed by atoms with van der Waals surface area (Å²) in [5, 5.41) is 9.93. The molecule has 2 bridgehead atoms. The average Bonchev–Trinajstić information content (AvgIpc) is 4.26. The van der Waals surface area contributed by atoms with Crippen LogP contribution in [0.2, 0.25) is 0 Å². The van der Waals surface area contributed by atoms with Gasteiger partial charge in [0.15, 0.2) is 0 Å². The zero-order valence-electron chi connectivity index (χ0n) is 38.1. The van der Waals surface area contributed by atoms with Crippen LogP contribution in [-0.4, -0.2) is 99.8 Å². The number of ether oxygens (including phenoxy) is 3. The zero-order valence-corrected chi connectivity index (χ0v) is 38.1. The molecule has 3 aliphatic heterocycles. The number of nitrogens with zero attached hydrogens (tertiary/aromatic N) is 4. The number of amides is 4. The number of imidazole rings is 2. The van der Waals surface area contributed by atoms with E-state index in [1.165, 1.54) is 14.2 Å². The number of H-pyrrole nitrogens is 2. The van der Waals surface area contributed by atoms with E-state index in [9.17, 15) is 19.2 Å². The highest BCUT2D eigenvalue weighted by Crippen LogP contribution is 2.51. The first-order valence-electron chi connectivity index (χ1n) is 23.7. The SMILES string of the molecule is COC(=O)NC(C(=O)N1CCC[C@H]1c1nc2ccc3cc(-c4ccc5cc(-c6cnc([C@@H]7[C@H]8CC[C@H](C8)N7C(=O)[C@H](NC(=O)OC)c7ccccc7)[nH]6)ccc5c4)ccc3c2[nH]1)C1CCOCC1. The molecule has 4 fully saturated rings. The number of aromatic amines is 2. The van der Waals surface area contributed by atoms with E-state index >= 15 is 0 Å². The third kappa shape index (κ3) is 7.97. The molecule has 3 saturated heterocycles. The summed E-state index contributed by atoms with van der Waals surface area (Å²) in [6, 6.07) is 30.9. The second-order valence-corrected chi connectivity index (χ2v) is 18.6. The van der Waals surface area contributed by atoms with E-state index in [1.54, 1.807) is 0 Å². The van der Waals surface area contributed by atoms with Crippen molar-refractivity contribution in [2.45, 2.75) is 75.2 Å². The van der Waals surface area contributed by atoms with Crippen molar-refractivity contribution in [1.29, 1.82) is 0 Å². The molecule has 1 saturated carbocycles. The Labute approximate surface area is 392 Å². The van der Waals surface area contributed by atoms with E-state index in [-0.39, 0.29) is 41.8 Å². The Morgan fingerprint density at radius 1 is 0.735 bits per heavy atom. The summed E-state index contributed by atoms with van der Waals surface area (Å²) in [4.78, 5) is 74.3. The first kappa shape index (κ1) is 43.3. The number of rotatable bonds is 10. The van der Waals surface area contributed by atoms with Gasteiger partial charge in [0, 0.05) is 36.8 Å². The van der Waals surface area contributed by atoms with Crippen molar-refractivity contribution in [3.8, 4) is 22.4 Å². The lowest BCUT2D eigenvalue weighted by molar-refractivity contribution is -0.138. The molecular weight excluding hydrogens is 861 g/mol. The van der Waals surface area contributed by atoms with Gasteiger partial charge >= 0.3 is 12.2 Å². The Bertz CT molecular complexity index is 3050. The van der Waals surface area contributed by atoms with Gasteiger partial charge in [-0.15, -0.1) is 0 Å². The molecule has 2 aromatic heterocycles. The number of aromatic nitrogens is 4. The number of carbonyl (C=O) groups is 4. The van der Waals surface area contributed by atoms with Crippen molar-refractivity contribution in [3.63, 3.8) is 0 Å². The van der Waals surface area contributed by atoms with Gasteiger partial charge in [-0.25, -0.2) is 19.6 Å². The molecule has 5 aromatic carbocycles. The third-order valence-electron chi connectivity index (χ3n) is 14.8. The highest BCUT2D eigenvalue weighted by atomic mass is 16.5. The quantitative estimate of drug-likeness (QED) is 0.104. The normalized spacial score (nSPS) is 21.3. The van der Waals surface area contributed by atoms with Crippen LogP contribution in [-0.2, 0) is 23.8 Å². The van der Waals surface area contributed by atoms with E-state index < -0.39 is 24.3 Å². The molecule has 6 atom stereocenters. The van der Waals surface area contributed by atoms with Gasteiger partial charge in [-0.2, -0.15) is 0 Å². The average molecular weight is 915 g/mol. The Balaban J connectivity index is 0.818. The van der Waals surface area contributed by atoms with Gasteiger partial charge in [-0.3, -0.25) is 9.59 Å². The van der Waals surface area contributed by atoms with Gasteiger partial charge in [0.2, 0.25) is 5.91 Å². The summed E-state index contributed by atoms with van der Waals surface area (Å²) in [5.41, 5.74) is 6.52. The van der Waals surface area contributed by atoms with Crippen LogP contribution in [0.4, 0.5) is 9.59 Å². The van der Waals surface area contributed by atoms with E-state index in [0.717, 1.165) is 98.7 Å².